The van der Waals surface area contributed by atoms with E-state index in [2.05, 4.69) is 0 Å². The normalized spacial score (nSPS) is 22.5. The molecule has 1 aliphatic carbocycles. The Labute approximate surface area is 115 Å². The van der Waals surface area contributed by atoms with E-state index in [1.165, 1.54) is 32.1 Å². The first-order chi connectivity index (χ1) is 9.08. The van der Waals surface area contributed by atoms with E-state index in [9.17, 15) is 9.59 Å². The van der Waals surface area contributed by atoms with E-state index in [0.717, 1.165) is 31.6 Å². The van der Waals surface area contributed by atoms with Crippen molar-refractivity contribution < 1.29 is 19.8 Å². The van der Waals surface area contributed by atoms with Gasteiger partial charge in [-0.25, -0.2) is 0 Å². The first-order valence-corrected chi connectivity index (χ1v) is 7.51. The van der Waals surface area contributed by atoms with Gasteiger partial charge in [-0.05, 0) is 31.1 Å². The fourth-order valence-electron chi connectivity index (χ4n) is 3.09. The summed E-state index contributed by atoms with van der Waals surface area (Å²) in [7, 11) is 0. The second kappa shape index (κ2) is 8.94. The molecule has 0 spiro atoms. The van der Waals surface area contributed by atoms with Crippen molar-refractivity contribution in [2.45, 2.75) is 70.6 Å². The Hall–Kier alpha value is -1.06. The molecule has 0 bridgehead atoms. The predicted molar refractivity (Wildman–Crippen MR) is 73.0 cm³/mol. The highest BCUT2D eigenvalue weighted by atomic mass is 16.4. The van der Waals surface area contributed by atoms with E-state index in [1.807, 2.05) is 0 Å². The van der Waals surface area contributed by atoms with Crippen molar-refractivity contribution in [2.24, 2.45) is 11.8 Å². The molecule has 1 rings (SSSR count). The Bertz CT molecular complexity index is 288. The van der Waals surface area contributed by atoms with Crippen LogP contribution in [-0.4, -0.2) is 22.2 Å². The summed E-state index contributed by atoms with van der Waals surface area (Å²) < 4.78 is 0. The third-order valence-electron chi connectivity index (χ3n) is 4.17. The molecule has 0 heterocycles. The van der Waals surface area contributed by atoms with Gasteiger partial charge in [0.15, 0.2) is 0 Å². The summed E-state index contributed by atoms with van der Waals surface area (Å²) >= 11 is 0. The molecule has 19 heavy (non-hydrogen) atoms. The smallest absolute Gasteiger partial charge is 0.303 e. The van der Waals surface area contributed by atoms with Crippen LogP contribution in [0.3, 0.4) is 0 Å². The zero-order valence-corrected chi connectivity index (χ0v) is 11.6. The van der Waals surface area contributed by atoms with Gasteiger partial charge in [0, 0.05) is 12.8 Å². The van der Waals surface area contributed by atoms with Crippen molar-refractivity contribution in [3.8, 4) is 0 Å². The maximum absolute atomic E-state index is 10.5. The number of carboxylic acid groups (broad SMARTS) is 2. The SMILES string of the molecule is O=C(O)CCCCCCC1CCC(CCC(=O)O)C1. The number of carboxylic acids is 2. The molecular formula is C15H26O4. The van der Waals surface area contributed by atoms with Crippen LogP contribution in [0.2, 0.25) is 0 Å². The molecule has 2 N–H and O–H groups in total. The molecule has 0 aromatic rings. The number of carbonyl (C=O) groups is 2. The van der Waals surface area contributed by atoms with Crippen LogP contribution in [0.25, 0.3) is 0 Å². The van der Waals surface area contributed by atoms with Gasteiger partial charge in [-0.2, -0.15) is 0 Å². The third-order valence-corrected chi connectivity index (χ3v) is 4.17. The molecule has 110 valence electrons. The molecular weight excluding hydrogens is 244 g/mol. The van der Waals surface area contributed by atoms with E-state index in [0.29, 0.717) is 18.8 Å². The summed E-state index contributed by atoms with van der Waals surface area (Å²) in [5.41, 5.74) is 0. The quantitative estimate of drug-likeness (QED) is 0.594. The van der Waals surface area contributed by atoms with Crippen LogP contribution in [0.5, 0.6) is 0 Å². The monoisotopic (exact) mass is 270 g/mol. The molecule has 0 aromatic heterocycles. The van der Waals surface area contributed by atoms with Gasteiger partial charge < -0.3 is 10.2 Å². The average Bonchev–Trinajstić information content (AvgIpc) is 2.78. The Morgan fingerprint density at radius 1 is 0.789 bits per heavy atom. The first-order valence-electron chi connectivity index (χ1n) is 7.51. The second-order valence-corrected chi connectivity index (χ2v) is 5.82. The highest BCUT2D eigenvalue weighted by Gasteiger charge is 2.24. The highest BCUT2D eigenvalue weighted by molar-refractivity contribution is 5.66. The largest absolute Gasteiger partial charge is 0.481 e. The Morgan fingerprint density at radius 3 is 2.00 bits per heavy atom. The number of hydrogen-bond acceptors (Lipinski definition) is 2. The topological polar surface area (TPSA) is 74.6 Å². The van der Waals surface area contributed by atoms with Crippen LogP contribution in [-0.2, 0) is 9.59 Å². The van der Waals surface area contributed by atoms with Crippen LogP contribution < -0.4 is 0 Å². The molecule has 0 saturated heterocycles. The molecule has 1 aliphatic rings. The van der Waals surface area contributed by atoms with Gasteiger partial charge in [0.2, 0.25) is 0 Å². The zero-order valence-electron chi connectivity index (χ0n) is 11.6. The Balaban J connectivity index is 1.96. The summed E-state index contributed by atoms with van der Waals surface area (Å²) in [5.74, 6) is 0.0188. The van der Waals surface area contributed by atoms with Crippen LogP contribution in [0, 0.1) is 11.8 Å². The van der Waals surface area contributed by atoms with Gasteiger partial charge >= 0.3 is 11.9 Å². The molecule has 0 amide bonds. The minimum Gasteiger partial charge on any atom is -0.481 e. The third kappa shape index (κ3) is 7.85. The molecule has 4 heteroatoms. The van der Waals surface area contributed by atoms with Crippen LogP contribution >= 0.6 is 0 Å². The van der Waals surface area contributed by atoms with Crippen molar-refractivity contribution in [3.63, 3.8) is 0 Å². The molecule has 2 atom stereocenters. The number of hydrogen-bond donors (Lipinski definition) is 2. The Morgan fingerprint density at radius 2 is 1.37 bits per heavy atom. The highest BCUT2D eigenvalue weighted by Crippen LogP contribution is 2.36. The summed E-state index contributed by atoms with van der Waals surface area (Å²) in [6.07, 6.45) is 10.4. The van der Waals surface area contributed by atoms with Gasteiger partial charge in [-0.3, -0.25) is 9.59 Å². The maximum atomic E-state index is 10.5. The lowest BCUT2D eigenvalue weighted by atomic mass is 9.96. The van der Waals surface area contributed by atoms with Gasteiger partial charge in [0.25, 0.3) is 0 Å². The van der Waals surface area contributed by atoms with Gasteiger partial charge in [0.1, 0.15) is 0 Å². The first kappa shape index (κ1) is 16.0. The van der Waals surface area contributed by atoms with Crippen molar-refractivity contribution in [3.05, 3.63) is 0 Å². The van der Waals surface area contributed by atoms with E-state index < -0.39 is 11.9 Å². The number of aliphatic carboxylic acids is 2. The molecule has 1 saturated carbocycles. The zero-order chi connectivity index (χ0) is 14.1. The minimum absolute atomic E-state index is 0.292. The van der Waals surface area contributed by atoms with Crippen LogP contribution in [0.1, 0.15) is 70.6 Å². The molecule has 0 aromatic carbocycles. The lowest BCUT2D eigenvalue weighted by Crippen LogP contribution is -2.01. The summed E-state index contributed by atoms with van der Waals surface area (Å²) in [5, 5.41) is 17.2. The van der Waals surface area contributed by atoms with E-state index in [1.54, 1.807) is 0 Å². The van der Waals surface area contributed by atoms with Crippen molar-refractivity contribution in [1.29, 1.82) is 0 Å². The molecule has 1 fully saturated rings. The lowest BCUT2D eigenvalue weighted by Gasteiger charge is -2.10. The Kier molecular flexibility index (Phi) is 7.53. The number of rotatable bonds is 10. The summed E-state index contributed by atoms with van der Waals surface area (Å²) in [4.78, 5) is 20.9. The predicted octanol–water partition coefficient (Wildman–Crippen LogP) is 3.69. The summed E-state index contributed by atoms with van der Waals surface area (Å²) in [6.45, 7) is 0. The van der Waals surface area contributed by atoms with Crippen molar-refractivity contribution >= 4 is 11.9 Å². The molecule has 0 aliphatic heterocycles. The van der Waals surface area contributed by atoms with Crippen molar-refractivity contribution in [1.82, 2.24) is 0 Å². The van der Waals surface area contributed by atoms with Crippen LogP contribution in [0.15, 0.2) is 0 Å². The average molecular weight is 270 g/mol. The van der Waals surface area contributed by atoms with Gasteiger partial charge in [-0.15, -0.1) is 0 Å². The molecule has 2 unspecified atom stereocenters. The standard InChI is InChI=1S/C15H26O4/c16-14(17)6-4-2-1-3-5-12-7-8-13(11-12)9-10-15(18)19/h12-13H,1-11H2,(H,16,17)(H,18,19). The van der Waals surface area contributed by atoms with Gasteiger partial charge in [-0.1, -0.05) is 38.5 Å². The molecule has 4 nitrogen and oxygen atoms in total. The van der Waals surface area contributed by atoms with E-state index in [-0.39, 0.29) is 0 Å². The lowest BCUT2D eigenvalue weighted by molar-refractivity contribution is -0.138. The van der Waals surface area contributed by atoms with E-state index in [4.69, 9.17) is 10.2 Å². The second-order valence-electron chi connectivity index (χ2n) is 5.82. The van der Waals surface area contributed by atoms with E-state index >= 15 is 0 Å². The number of unbranched alkanes of at least 4 members (excludes halogenated alkanes) is 3. The fraction of sp³-hybridized carbons (Fsp3) is 0.867. The van der Waals surface area contributed by atoms with Gasteiger partial charge in [0.05, 0.1) is 0 Å². The molecule has 0 radical (unpaired) electrons. The minimum atomic E-state index is -0.697. The summed E-state index contributed by atoms with van der Waals surface area (Å²) in [6, 6.07) is 0. The maximum Gasteiger partial charge on any atom is 0.303 e. The van der Waals surface area contributed by atoms with Crippen LogP contribution in [0.4, 0.5) is 0 Å². The van der Waals surface area contributed by atoms with Crippen molar-refractivity contribution in [2.75, 3.05) is 0 Å². The fourth-order valence-corrected chi connectivity index (χ4v) is 3.09.